The Labute approximate surface area is 178 Å². The van der Waals surface area contributed by atoms with Crippen molar-refractivity contribution >= 4 is 54.8 Å². The van der Waals surface area contributed by atoms with Crippen LogP contribution < -0.4 is 16.0 Å². The smallest absolute Gasteiger partial charge is 0.251 e. The molecule has 150 valence electrons. The number of anilines is 2. The Hall–Kier alpha value is -1.80. The number of piperazine rings is 1. The van der Waals surface area contributed by atoms with Crippen molar-refractivity contribution in [1.29, 1.82) is 0 Å². The number of hydrogen-bond donors (Lipinski definition) is 2. The lowest BCUT2D eigenvalue weighted by Gasteiger charge is -2.34. The molecule has 0 radical (unpaired) electrons. The van der Waals surface area contributed by atoms with Gasteiger partial charge in [0, 0.05) is 62.9 Å². The molecule has 1 amide bonds. The van der Waals surface area contributed by atoms with Gasteiger partial charge < -0.3 is 16.0 Å². The van der Waals surface area contributed by atoms with Crippen molar-refractivity contribution in [2.24, 2.45) is 0 Å². The fourth-order valence-corrected chi connectivity index (χ4v) is 2.74. The Bertz CT molecular complexity index is 683. The highest BCUT2D eigenvalue weighted by molar-refractivity contribution is 5.94. The van der Waals surface area contributed by atoms with Crippen molar-refractivity contribution in [1.82, 2.24) is 20.2 Å². The SMILES string of the molecule is Cl.Cl.Cl.Nc1cccc(C(=O)NCCN2CCN(c3ncccn3)CC2)c1. The van der Waals surface area contributed by atoms with E-state index in [0.29, 0.717) is 17.8 Å². The minimum Gasteiger partial charge on any atom is -0.399 e. The predicted molar refractivity (Wildman–Crippen MR) is 116 cm³/mol. The second-order valence-electron chi connectivity index (χ2n) is 5.76. The Morgan fingerprint density at radius 3 is 2.33 bits per heavy atom. The first-order valence-corrected chi connectivity index (χ1v) is 8.10. The summed E-state index contributed by atoms with van der Waals surface area (Å²) in [4.78, 5) is 25.1. The van der Waals surface area contributed by atoms with Crippen LogP contribution in [0.25, 0.3) is 0 Å². The van der Waals surface area contributed by atoms with Gasteiger partial charge in [-0.3, -0.25) is 9.69 Å². The number of carbonyl (C=O) groups is 1. The monoisotopic (exact) mass is 434 g/mol. The number of hydrogen-bond acceptors (Lipinski definition) is 6. The number of nitrogen functional groups attached to an aromatic ring is 1. The zero-order chi connectivity index (χ0) is 16.8. The highest BCUT2D eigenvalue weighted by Crippen LogP contribution is 2.09. The number of carbonyl (C=O) groups excluding carboxylic acids is 1. The lowest BCUT2D eigenvalue weighted by molar-refractivity contribution is 0.0948. The van der Waals surface area contributed by atoms with Crippen molar-refractivity contribution in [2.75, 3.05) is 49.9 Å². The van der Waals surface area contributed by atoms with Gasteiger partial charge in [0.15, 0.2) is 0 Å². The number of aromatic nitrogens is 2. The maximum absolute atomic E-state index is 12.1. The Morgan fingerprint density at radius 1 is 1.04 bits per heavy atom. The van der Waals surface area contributed by atoms with E-state index in [9.17, 15) is 4.79 Å². The highest BCUT2D eigenvalue weighted by Gasteiger charge is 2.18. The third-order valence-electron chi connectivity index (χ3n) is 4.07. The summed E-state index contributed by atoms with van der Waals surface area (Å²) < 4.78 is 0. The molecular weight excluding hydrogens is 411 g/mol. The van der Waals surface area contributed by atoms with Crippen LogP contribution in [0.3, 0.4) is 0 Å². The highest BCUT2D eigenvalue weighted by atomic mass is 35.5. The largest absolute Gasteiger partial charge is 0.399 e. The van der Waals surface area contributed by atoms with Crippen LogP contribution in [0, 0.1) is 0 Å². The molecule has 1 aromatic carbocycles. The molecule has 0 atom stereocenters. The van der Waals surface area contributed by atoms with Crippen LogP contribution in [0.5, 0.6) is 0 Å². The normalized spacial score (nSPS) is 13.6. The van der Waals surface area contributed by atoms with Crippen molar-refractivity contribution < 1.29 is 4.79 Å². The molecule has 2 aromatic rings. The minimum atomic E-state index is -0.0846. The van der Waals surface area contributed by atoms with E-state index in [2.05, 4.69) is 25.1 Å². The standard InChI is InChI=1S/C17H22N6O.3ClH/c18-15-4-1-3-14(13-15)16(24)19-7-8-22-9-11-23(12-10-22)17-20-5-2-6-21-17;;;/h1-6,13H,7-12,18H2,(H,19,24);3*1H. The van der Waals surface area contributed by atoms with Gasteiger partial charge in [0.2, 0.25) is 5.95 Å². The van der Waals surface area contributed by atoms with Gasteiger partial charge in [0.25, 0.3) is 5.91 Å². The summed E-state index contributed by atoms with van der Waals surface area (Å²) in [5.41, 5.74) is 6.90. The zero-order valence-corrected chi connectivity index (χ0v) is 17.2. The first kappa shape index (κ1) is 25.2. The lowest BCUT2D eigenvalue weighted by atomic mass is 10.2. The van der Waals surface area contributed by atoms with E-state index in [1.54, 1.807) is 36.7 Å². The van der Waals surface area contributed by atoms with E-state index in [4.69, 9.17) is 5.73 Å². The lowest BCUT2D eigenvalue weighted by Crippen LogP contribution is -2.49. The number of nitrogens with one attached hydrogen (secondary N) is 1. The van der Waals surface area contributed by atoms with Crippen molar-refractivity contribution in [3.63, 3.8) is 0 Å². The molecule has 0 spiro atoms. The van der Waals surface area contributed by atoms with Crippen molar-refractivity contribution in [2.45, 2.75) is 0 Å². The summed E-state index contributed by atoms with van der Waals surface area (Å²) in [6.45, 7) is 5.12. The van der Waals surface area contributed by atoms with Crippen LogP contribution >= 0.6 is 37.2 Å². The topological polar surface area (TPSA) is 87.4 Å². The second kappa shape index (κ2) is 12.6. The molecule has 0 aliphatic carbocycles. The average Bonchev–Trinajstić information content (AvgIpc) is 2.63. The van der Waals surface area contributed by atoms with Gasteiger partial charge in [-0.2, -0.15) is 0 Å². The van der Waals surface area contributed by atoms with Crippen LogP contribution in [-0.4, -0.2) is 60.0 Å². The first-order chi connectivity index (χ1) is 11.7. The third kappa shape index (κ3) is 7.38. The number of halogens is 3. The molecule has 2 heterocycles. The molecule has 1 aliphatic rings. The van der Waals surface area contributed by atoms with Gasteiger partial charge >= 0.3 is 0 Å². The van der Waals surface area contributed by atoms with E-state index in [1.165, 1.54) is 0 Å². The third-order valence-corrected chi connectivity index (χ3v) is 4.07. The first-order valence-electron chi connectivity index (χ1n) is 8.10. The summed E-state index contributed by atoms with van der Waals surface area (Å²) in [6.07, 6.45) is 3.53. The van der Waals surface area contributed by atoms with Gasteiger partial charge in [0.05, 0.1) is 0 Å². The number of amides is 1. The van der Waals surface area contributed by atoms with Crippen molar-refractivity contribution in [3.8, 4) is 0 Å². The average molecular weight is 436 g/mol. The number of nitrogens with two attached hydrogens (primary N) is 1. The molecule has 1 aliphatic heterocycles. The van der Waals surface area contributed by atoms with E-state index in [1.807, 2.05) is 6.07 Å². The Kier molecular flexibility index (Phi) is 11.7. The quantitative estimate of drug-likeness (QED) is 0.697. The van der Waals surface area contributed by atoms with Gasteiger partial charge in [-0.05, 0) is 24.3 Å². The van der Waals surface area contributed by atoms with E-state index < -0.39 is 0 Å². The van der Waals surface area contributed by atoms with E-state index in [0.717, 1.165) is 38.7 Å². The molecule has 7 nitrogen and oxygen atoms in total. The Balaban J connectivity index is 0.00000225. The number of nitrogens with zero attached hydrogens (tertiary/aromatic N) is 4. The molecule has 1 aromatic heterocycles. The molecule has 0 unspecified atom stereocenters. The molecular formula is C17H25Cl3N6O. The molecule has 3 rings (SSSR count). The summed E-state index contributed by atoms with van der Waals surface area (Å²) in [5.74, 6) is 0.700. The summed E-state index contributed by atoms with van der Waals surface area (Å²) >= 11 is 0. The Morgan fingerprint density at radius 2 is 1.70 bits per heavy atom. The molecule has 1 fully saturated rings. The van der Waals surface area contributed by atoms with Gasteiger partial charge in [-0.25, -0.2) is 9.97 Å². The fourth-order valence-electron chi connectivity index (χ4n) is 2.74. The molecule has 1 saturated heterocycles. The predicted octanol–water partition coefficient (Wildman–Crippen LogP) is 1.88. The number of rotatable bonds is 5. The molecule has 0 bridgehead atoms. The van der Waals surface area contributed by atoms with Gasteiger partial charge in [-0.1, -0.05) is 6.07 Å². The summed E-state index contributed by atoms with van der Waals surface area (Å²) in [6, 6.07) is 8.84. The number of benzene rings is 1. The van der Waals surface area contributed by atoms with Crippen molar-refractivity contribution in [3.05, 3.63) is 48.3 Å². The van der Waals surface area contributed by atoms with E-state index in [-0.39, 0.29) is 43.1 Å². The molecule has 27 heavy (non-hydrogen) atoms. The summed E-state index contributed by atoms with van der Waals surface area (Å²) in [7, 11) is 0. The van der Waals surface area contributed by atoms with Gasteiger partial charge in [0.1, 0.15) is 0 Å². The summed E-state index contributed by atoms with van der Waals surface area (Å²) in [5, 5.41) is 2.94. The van der Waals surface area contributed by atoms with Crippen LogP contribution in [0.4, 0.5) is 11.6 Å². The van der Waals surface area contributed by atoms with Crippen LogP contribution in [0.2, 0.25) is 0 Å². The second-order valence-corrected chi connectivity index (χ2v) is 5.76. The zero-order valence-electron chi connectivity index (χ0n) is 14.8. The molecule has 10 heteroatoms. The van der Waals surface area contributed by atoms with Crippen LogP contribution in [0.1, 0.15) is 10.4 Å². The maximum atomic E-state index is 12.1. The van der Waals surface area contributed by atoms with Crippen LogP contribution in [-0.2, 0) is 0 Å². The minimum absolute atomic E-state index is 0. The van der Waals surface area contributed by atoms with Crippen LogP contribution in [0.15, 0.2) is 42.7 Å². The van der Waals surface area contributed by atoms with E-state index >= 15 is 0 Å². The molecule has 3 N–H and O–H groups in total. The molecule has 0 saturated carbocycles. The maximum Gasteiger partial charge on any atom is 0.251 e. The fraction of sp³-hybridized carbons (Fsp3) is 0.353. The van der Waals surface area contributed by atoms with Gasteiger partial charge in [-0.15, -0.1) is 37.2 Å².